The number of nitrogens with one attached hydrogen (secondary N) is 2. The van der Waals surface area contributed by atoms with Crippen molar-refractivity contribution in [3.63, 3.8) is 0 Å². The molecule has 11 heteroatoms. The number of carbonyl (C=O) groups is 2. The number of hydrogen-bond donors (Lipinski definition) is 5. The molecule has 238 valence electrons. The van der Waals surface area contributed by atoms with Crippen LogP contribution in [0.1, 0.15) is 55.8 Å². The Morgan fingerprint density at radius 2 is 1.72 bits per heavy atom. The molecule has 1 saturated heterocycles. The van der Waals surface area contributed by atoms with Gasteiger partial charge in [-0.15, -0.1) is 0 Å². The fraction of sp³-hybridized carbons (Fsp3) is 0.750. The SMILES string of the molecule is COC1CCC2(CC(=O)c3ccccc3NC(C)=O)C[NH+](C)[C@@H]3C4C[C@@H]2C13[C@@H]1C[C@]2(O)C(OC)C[C@@]4(O)[C@@]1(O)C2OC.[Br-]. The minimum absolute atomic E-state index is 0. The van der Waals surface area contributed by atoms with Crippen molar-refractivity contribution < 1.29 is 61.0 Å². The van der Waals surface area contributed by atoms with Crippen molar-refractivity contribution in [2.75, 3.05) is 40.2 Å². The van der Waals surface area contributed by atoms with Crippen LogP contribution in [0.15, 0.2) is 24.3 Å². The maximum atomic E-state index is 14.2. The summed E-state index contributed by atoms with van der Waals surface area (Å²) < 4.78 is 18.1. The van der Waals surface area contributed by atoms with Crippen LogP contribution in [0.3, 0.4) is 0 Å². The van der Waals surface area contributed by atoms with Gasteiger partial charge in [0.05, 0.1) is 36.9 Å². The zero-order valence-corrected chi connectivity index (χ0v) is 27.1. The van der Waals surface area contributed by atoms with Gasteiger partial charge in [0.2, 0.25) is 5.91 Å². The Bertz CT molecular complexity index is 1330. The molecule has 1 heterocycles. The molecular weight excluding hydrogens is 620 g/mol. The topological polar surface area (TPSA) is 139 Å². The third-order valence-corrected chi connectivity index (χ3v) is 13.1. The number of Topliss-reactive ketones (excluding diaryl/α,β-unsaturated/α-hetero) is 1. The lowest BCUT2D eigenvalue weighted by molar-refractivity contribution is -0.937. The van der Waals surface area contributed by atoms with Gasteiger partial charge in [-0.3, -0.25) is 9.59 Å². The predicted octanol–water partition coefficient (Wildman–Crippen LogP) is -2.80. The second kappa shape index (κ2) is 10.0. The Balaban J connectivity index is 0.00000329. The molecule has 7 unspecified atom stereocenters. The van der Waals surface area contributed by atoms with Gasteiger partial charge in [-0.2, -0.15) is 0 Å². The highest BCUT2D eigenvalue weighted by atomic mass is 79.9. The van der Waals surface area contributed by atoms with E-state index in [9.17, 15) is 24.9 Å². The van der Waals surface area contributed by atoms with Crippen molar-refractivity contribution in [2.24, 2.45) is 28.6 Å². The van der Waals surface area contributed by atoms with E-state index in [0.29, 0.717) is 24.1 Å². The Morgan fingerprint density at radius 3 is 2.37 bits per heavy atom. The van der Waals surface area contributed by atoms with Crippen LogP contribution in [0, 0.1) is 28.6 Å². The Morgan fingerprint density at radius 1 is 1.02 bits per heavy atom. The summed E-state index contributed by atoms with van der Waals surface area (Å²) in [6.07, 6.45) is 0.899. The molecule has 7 bridgehead atoms. The van der Waals surface area contributed by atoms with Crippen molar-refractivity contribution in [1.82, 2.24) is 0 Å². The van der Waals surface area contributed by atoms with Crippen molar-refractivity contribution in [3.05, 3.63) is 29.8 Å². The molecule has 0 radical (unpaired) electrons. The third kappa shape index (κ3) is 3.54. The number of halogens is 1. The van der Waals surface area contributed by atoms with E-state index < -0.39 is 45.8 Å². The first kappa shape index (κ1) is 31.5. The van der Waals surface area contributed by atoms with Gasteiger partial charge in [-0.05, 0) is 43.7 Å². The van der Waals surface area contributed by atoms with Crippen LogP contribution < -0.4 is 27.2 Å². The molecule has 10 nitrogen and oxygen atoms in total. The van der Waals surface area contributed by atoms with E-state index in [2.05, 4.69) is 12.4 Å². The van der Waals surface area contributed by atoms with E-state index >= 15 is 0 Å². The Labute approximate surface area is 263 Å². The zero-order chi connectivity index (χ0) is 30.0. The fourth-order valence-electron chi connectivity index (χ4n) is 12.3. The quantitative estimate of drug-likeness (QED) is 0.197. The zero-order valence-electron chi connectivity index (χ0n) is 25.6. The molecule has 6 fully saturated rings. The number of amides is 1. The number of carbonyl (C=O) groups excluding carboxylic acids is 2. The average molecular weight is 666 g/mol. The molecule has 7 rings (SSSR count). The van der Waals surface area contributed by atoms with Gasteiger partial charge in [0.15, 0.2) is 5.78 Å². The van der Waals surface area contributed by atoms with Crippen LogP contribution in [0.4, 0.5) is 5.69 Å². The van der Waals surface area contributed by atoms with E-state index in [0.717, 1.165) is 19.4 Å². The summed E-state index contributed by atoms with van der Waals surface area (Å²) in [5, 5.41) is 40.6. The second-order valence-corrected chi connectivity index (χ2v) is 14.4. The number of fused-ring (bicyclic) bond motifs is 2. The number of para-hydroxylation sites is 1. The number of piperidine rings is 1. The summed E-state index contributed by atoms with van der Waals surface area (Å²) in [5.74, 6) is -1.07. The minimum atomic E-state index is -1.69. The van der Waals surface area contributed by atoms with Crippen LogP contribution in [-0.4, -0.2) is 103 Å². The number of anilines is 1. The minimum Gasteiger partial charge on any atom is -1.00 e. The molecule has 1 aliphatic heterocycles. The number of benzene rings is 1. The van der Waals surface area contributed by atoms with E-state index in [1.54, 1.807) is 26.4 Å². The molecule has 1 spiro atoms. The number of likely N-dealkylation sites (tertiary alicyclic amines) is 1. The van der Waals surface area contributed by atoms with Gasteiger partial charge in [0.1, 0.15) is 28.9 Å². The molecule has 6 aliphatic rings. The van der Waals surface area contributed by atoms with Gasteiger partial charge in [0.25, 0.3) is 0 Å². The third-order valence-electron chi connectivity index (χ3n) is 13.1. The largest absolute Gasteiger partial charge is 1.00 e. The number of ketones is 1. The lowest BCUT2D eigenvalue weighted by atomic mass is 9.41. The summed E-state index contributed by atoms with van der Waals surface area (Å²) in [5.41, 5.74) is -4.67. The van der Waals surface area contributed by atoms with Crippen molar-refractivity contribution in [3.8, 4) is 0 Å². The molecular formula is C32H45BrN2O8. The van der Waals surface area contributed by atoms with Crippen LogP contribution in [0.2, 0.25) is 0 Å². The second-order valence-electron chi connectivity index (χ2n) is 14.4. The number of aliphatic hydroxyl groups is 3. The lowest BCUT2D eigenvalue weighted by Crippen LogP contribution is -3.20. The summed E-state index contributed by atoms with van der Waals surface area (Å²) in [6, 6.07) is 7.14. The summed E-state index contributed by atoms with van der Waals surface area (Å²) in [6.45, 7) is 2.20. The van der Waals surface area contributed by atoms with Gasteiger partial charge >= 0.3 is 0 Å². The van der Waals surface area contributed by atoms with Gasteiger partial charge in [0, 0.05) is 63.9 Å². The van der Waals surface area contributed by atoms with E-state index in [1.807, 2.05) is 12.1 Å². The normalized spacial score (nSPS) is 50.1. The van der Waals surface area contributed by atoms with Gasteiger partial charge in [-0.25, -0.2) is 0 Å². The molecule has 1 aromatic rings. The van der Waals surface area contributed by atoms with Crippen LogP contribution >= 0.6 is 0 Å². The highest BCUT2D eigenvalue weighted by Gasteiger charge is 2.92. The summed E-state index contributed by atoms with van der Waals surface area (Å²) >= 11 is 0. The van der Waals surface area contributed by atoms with Gasteiger partial charge in [-0.1, -0.05) is 12.1 Å². The average Bonchev–Trinajstić information content (AvgIpc) is 3.35. The predicted molar refractivity (Wildman–Crippen MR) is 151 cm³/mol. The molecule has 1 aromatic carbocycles. The first-order chi connectivity index (χ1) is 19.9. The number of hydrogen-bond acceptors (Lipinski definition) is 8. The number of ether oxygens (including phenoxy) is 3. The van der Waals surface area contributed by atoms with E-state index in [4.69, 9.17) is 14.2 Å². The fourth-order valence-corrected chi connectivity index (χ4v) is 12.3. The highest BCUT2D eigenvalue weighted by molar-refractivity contribution is 6.04. The molecule has 1 amide bonds. The molecule has 5 aliphatic carbocycles. The van der Waals surface area contributed by atoms with Crippen LogP contribution in [0.25, 0.3) is 0 Å². The van der Waals surface area contributed by atoms with Gasteiger partial charge < -0.3 is 56.7 Å². The van der Waals surface area contributed by atoms with E-state index in [1.165, 1.54) is 18.9 Å². The summed E-state index contributed by atoms with van der Waals surface area (Å²) in [4.78, 5) is 27.3. The van der Waals surface area contributed by atoms with Crippen molar-refractivity contribution >= 4 is 17.4 Å². The molecule has 13 atom stereocenters. The number of quaternary nitrogens is 1. The Hall–Kier alpha value is -1.44. The Kier molecular flexibility index (Phi) is 7.36. The number of rotatable bonds is 7. The standard InChI is InChI=1S/C32H44N2O8.BrH/c1-17(35)33-20-9-7-6-8-18(20)21(36)13-28-11-10-24(40-3)31-22(28)12-19(26(31)34(2)16-28)30(38)15-25(41-4)29(37)14-23(31)32(30,39)27(29)42-5;/h6-9,19,22-27,37-39H,10-16H2,1-5H3,(H,33,35);1H/t19?,22-,23-,24?,25?,26+,27?,28?,29-,30-,31?,32-;/m0./s1. The van der Waals surface area contributed by atoms with Crippen LogP contribution in [0.5, 0.6) is 0 Å². The first-order valence-corrected chi connectivity index (χ1v) is 15.4. The molecule has 0 aromatic heterocycles. The van der Waals surface area contributed by atoms with E-state index in [-0.39, 0.29) is 65.5 Å². The molecule has 5 N–H and O–H groups in total. The monoisotopic (exact) mass is 664 g/mol. The maximum Gasteiger partial charge on any atom is 0.221 e. The molecule has 43 heavy (non-hydrogen) atoms. The van der Waals surface area contributed by atoms with Crippen molar-refractivity contribution in [2.45, 2.75) is 86.6 Å². The molecule has 5 saturated carbocycles. The lowest BCUT2D eigenvalue weighted by Gasteiger charge is -2.69. The number of methoxy groups -OCH3 is 3. The van der Waals surface area contributed by atoms with Crippen molar-refractivity contribution in [1.29, 1.82) is 0 Å². The van der Waals surface area contributed by atoms with Crippen LogP contribution in [-0.2, 0) is 19.0 Å². The highest BCUT2D eigenvalue weighted by Crippen LogP contribution is 2.79. The summed E-state index contributed by atoms with van der Waals surface area (Å²) in [7, 11) is 6.92. The maximum absolute atomic E-state index is 14.2. The first-order valence-electron chi connectivity index (χ1n) is 15.4. The smallest absolute Gasteiger partial charge is 0.221 e.